The number of hydrogen-bond acceptors (Lipinski definition) is 2. The molecule has 1 heterocycles. The molecule has 0 fully saturated rings. The molecule has 108 valence electrons. The SMILES string of the molecule is C=NC(=O)c1c(C(C)C)cc(C(=O)c2ccccc2)n1C. The lowest BCUT2D eigenvalue weighted by Gasteiger charge is -2.07. The van der Waals surface area contributed by atoms with Gasteiger partial charge in [-0.3, -0.25) is 9.59 Å². The van der Waals surface area contributed by atoms with E-state index in [9.17, 15) is 9.59 Å². The number of aromatic nitrogens is 1. The van der Waals surface area contributed by atoms with E-state index in [4.69, 9.17) is 0 Å². The summed E-state index contributed by atoms with van der Waals surface area (Å²) in [6.45, 7) is 7.25. The summed E-state index contributed by atoms with van der Waals surface area (Å²) < 4.78 is 1.61. The van der Waals surface area contributed by atoms with Gasteiger partial charge in [0.25, 0.3) is 5.91 Å². The highest BCUT2D eigenvalue weighted by molar-refractivity contribution is 6.09. The van der Waals surface area contributed by atoms with Crippen molar-refractivity contribution in [1.29, 1.82) is 0 Å². The Morgan fingerprint density at radius 1 is 1.19 bits per heavy atom. The summed E-state index contributed by atoms with van der Waals surface area (Å²) in [7, 11) is 1.71. The Hall–Kier alpha value is -2.49. The van der Waals surface area contributed by atoms with Crippen molar-refractivity contribution in [3.05, 3.63) is 58.9 Å². The largest absolute Gasteiger partial charge is 0.337 e. The molecule has 0 aliphatic heterocycles. The molecule has 0 spiro atoms. The second-order valence-corrected chi connectivity index (χ2v) is 5.21. The van der Waals surface area contributed by atoms with Crippen LogP contribution in [-0.4, -0.2) is 23.0 Å². The van der Waals surface area contributed by atoms with Gasteiger partial charge in [-0.15, -0.1) is 0 Å². The lowest BCUT2D eigenvalue weighted by atomic mass is 10.0. The van der Waals surface area contributed by atoms with E-state index in [0.717, 1.165) is 5.56 Å². The third-order valence-corrected chi connectivity index (χ3v) is 3.50. The van der Waals surface area contributed by atoms with E-state index in [1.54, 1.807) is 29.8 Å². The predicted octanol–water partition coefficient (Wildman–Crippen LogP) is 3.22. The minimum Gasteiger partial charge on any atom is -0.337 e. The van der Waals surface area contributed by atoms with Gasteiger partial charge in [0.15, 0.2) is 0 Å². The van der Waals surface area contributed by atoms with Crippen molar-refractivity contribution in [2.75, 3.05) is 0 Å². The molecule has 1 aromatic heterocycles. The van der Waals surface area contributed by atoms with E-state index < -0.39 is 5.91 Å². The fourth-order valence-corrected chi connectivity index (χ4v) is 2.36. The first-order valence-corrected chi connectivity index (χ1v) is 6.77. The molecule has 0 N–H and O–H groups in total. The zero-order chi connectivity index (χ0) is 15.6. The highest BCUT2D eigenvalue weighted by atomic mass is 16.1. The summed E-state index contributed by atoms with van der Waals surface area (Å²) in [5, 5.41) is 0. The van der Waals surface area contributed by atoms with Gasteiger partial charge in [0.2, 0.25) is 5.78 Å². The van der Waals surface area contributed by atoms with Crippen LogP contribution in [-0.2, 0) is 7.05 Å². The van der Waals surface area contributed by atoms with Crippen LogP contribution in [0.2, 0.25) is 0 Å². The van der Waals surface area contributed by atoms with E-state index in [-0.39, 0.29) is 11.7 Å². The summed E-state index contributed by atoms with van der Waals surface area (Å²) in [6.07, 6.45) is 0. The monoisotopic (exact) mass is 282 g/mol. The molecular weight excluding hydrogens is 264 g/mol. The third-order valence-electron chi connectivity index (χ3n) is 3.50. The van der Waals surface area contributed by atoms with Gasteiger partial charge in [0.1, 0.15) is 5.69 Å². The number of nitrogens with zero attached hydrogens (tertiary/aromatic N) is 2. The van der Waals surface area contributed by atoms with Crippen LogP contribution in [0.1, 0.15) is 51.9 Å². The van der Waals surface area contributed by atoms with Crippen LogP contribution in [0.3, 0.4) is 0 Å². The van der Waals surface area contributed by atoms with Crippen LogP contribution >= 0.6 is 0 Å². The van der Waals surface area contributed by atoms with Gasteiger partial charge >= 0.3 is 0 Å². The highest BCUT2D eigenvalue weighted by Gasteiger charge is 2.23. The smallest absolute Gasteiger partial charge is 0.293 e. The van der Waals surface area contributed by atoms with Crippen LogP contribution in [0.5, 0.6) is 0 Å². The van der Waals surface area contributed by atoms with Gasteiger partial charge < -0.3 is 4.57 Å². The molecule has 4 heteroatoms. The fraction of sp³-hybridized carbons (Fsp3) is 0.235. The second-order valence-electron chi connectivity index (χ2n) is 5.21. The Morgan fingerprint density at radius 3 is 2.33 bits per heavy atom. The highest BCUT2D eigenvalue weighted by Crippen LogP contribution is 2.25. The summed E-state index contributed by atoms with van der Waals surface area (Å²) in [5.41, 5.74) is 2.32. The molecule has 0 unspecified atom stereocenters. The maximum Gasteiger partial charge on any atom is 0.293 e. The van der Waals surface area contributed by atoms with E-state index in [1.807, 2.05) is 32.0 Å². The number of hydrogen-bond donors (Lipinski definition) is 0. The third kappa shape index (κ3) is 2.70. The number of rotatable bonds is 4. The Labute approximate surface area is 124 Å². The Kier molecular flexibility index (Phi) is 4.17. The summed E-state index contributed by atoms with van der Waals surface area (Å²) in [4.78, 5) is 28.0. The number of ketones is 1. The first-order valence-electron chi connectivity index (χ1n) is 6.77. The molecular formula is C17H18N2O2. The number of amides is 1. The minimum atomic E-state index is -0.409. The van der Waals surface area contributed by atoms with Gasteiger partial charge in [-0.1, -0.05) is 44.2 Å². The molecule has 1 aromatic carbocycles. The van der Waals surface area contributed by atoms with Crippen molar-refractivity contribution in [1.82, 2.24) is 4.57 Å². The quantitative estimate of drug-likeness (QED) is 0.638. The van der Waals surface area contributed by atoms with Crippen molar-refractivity contribution >= 4 is 18.4 Å². The Bertz CT molecular complexity index is 697. The molecule has 1 amide bonds. The van der Waals surface area contributed by atoms with Gasteiger partial charge in [-0.05, 0) is 24.3 Å². The van der Waals surface area contributed by atoms with Crippen LogP contribution in [0, 0.1) is 0 Å². The Balaban J connectivity index is 2.58. The first kappa shape index (κ1) is 14.9. The maximum absolute atomic E-state index is 12.6. The van der Waals surface area contributed by atoms with Crippen LogP contribution in [0.15, 0.2) is 41.4 Å². The molecule has 0 aliphatic carbocycles. The average Bonchev–Trinajstić information content (AvgIpc) is 2.84. The number of carbonyl (C=O) groups is 2. The van der Waals surface area contributed by atoms with E-state index >= 15 is 0 Å². The molecule has 0 saturated heterocycles. The number of aliphatic imine (C=N–C) groups is 1. The van der Waals surface area contributed by atoms with E-state index in [1.165, 1.54) is 0 Å². The van der Waals surface area contributed by atoms with Crippen LogP contribution in [0.4, 0.5) is 0 Å². The minimum absolute atomic E-state index is 0.108. The Morgan fingerprint density at radius 2 is 1.81 bits per heavy atom. The molecule has 0 atom stereocenters. The summed E-state index contributed by atoms with van der Waals surface area (Å²) in [5.74, 6) is -0.398. The predicted molar refractivity (Wildman–Crippen MR) is 83.3 cm³/mol. The van der Waals surface area contributed by atoms with Gasteiger partial charge in [-0.2, -0.15) is 0 Å². The van der Waals surface area contributed by atoms with E-state index in [0.29, 0.717) is 17.0 Å². The van der Waals surface area contributed by atoms with E-state index in [2.05, 4.69) is 11.7 Å². The molecule has 21 heavy (non-hydrogen) atoms. The number of carbonyl (C=O) groups excluding carboxylic acids is 2. The van der Waals surface area contributed by atoms with Crippen LogP contribution in [0.25, 0.3) is 0 Å². The maximum atomic E-state index is 12.6. The zero-order valence-corrected chi connectivity index (χ0v) is 12.5. The summed E-state index contributed by atoms with van der Waals surface area (Å²) >= 11 is 0. The van der Waals surface area contributed by atoms with Gasteiger partial charge in [0.05, 0.1) is 5.69 Å². The molecule has 2 aromatic rings. The van der Waals surface area contributed by atoms with Gasteiger partial charge in [-0.25, -0.2) is 4.99 Å². The molecule has 0 saturated carbocycles. The number of benzene rings is 1. The van der Waals surface area contributed by atoms with Crippen molar-refractivity contribution < 1.29 is 9.59 Å². The molecule has 0 radical (unpaired) electrons. The van der Waals surface area contributed by atoms with Gasteiger partial charge in [0, 0.05) is 12.6 Å². The summed E-state index contributed by atoms with van der Waals surface area (Å²) in [6, 6.07) is 10.8. The molecule has 4 nitrogen and oxygen atoms in total. The van der Waals surface area contributed by atoms with Crippen molar-refractivity contribution in [3.8, 4) is 0 Å². The first-order chi connectivity index (χ1) is 9.97. The average molecular weight is 282 g/mol. The zero-order valence-electron chi connectivity index (χ0n) is 12.5. The molecule has 2 rings (SSSR count). The molecule has 0 bridgehead atoms. The lowest BCUT2D eigenvalue weighted by Crippen LogP contribution is -2.12. The standard InChI is InChI=1S/C17H18N2O2/c1-11(2)13-10-14(19(4)15(13)17(21)18-3)16(20)12-8-6-5-7-9-12/h5-11H,3H2,1-2,4H3. The van der Waals surface area contributed by atoms with Crippen molar-refractivity contribution in [2.45, 2.75) is 19.8 Å². The lowest BCUT2D eigenvalue weighted by molar-refractivity contribution is 0.0994. The van der Waals surface area contributed by atoms with Crippen LogP contribution < -0.4 is 0 Å². The second kappa shape index (κ2) is 5.87. The molecule has 0 aliphatic rings. The topological polar surface area (TPSA) is 51.4 Å². The van der Waals surface area contributed by atoms with Crippen molar-refractivity contribution in [2.24, 2.45) is 12.0 Å². The normalized spacial score (nSPS) is 10.7. The van der Waals surface area contributed by atoms with Crippen molar-refractivity contribution in [3.63, 3.8) is 0 Å². The fourth-order valence-electron chi connectivity index (χ4n) is 2.36.